The Kier molecular flexibility index (Phi) is 4.19. The molecule has 1 heterocycles. The predicted molar refractivity (Wildman–Crippen MR) is 131 cm³/mol. The molecule has 0 fully saturated rings. The molecule has 0 aliphatic rings. The topological polar surface area (TPSA) is 16.4 Å². The SMILES string of the molecule is Clc1c(N(c2ccccc2)c2ccccc2)ccc2c1oc1ccc3ccccc3c12. The van der Waals surface area contributed by atoms with Crippen LogP contribution in [0.3, 0.4) is 0 Å². The molecule has 0 radical (unpaired) electrons. The number of rotatable bonds is 3. The number of hydrogen-bond acceptors (Lipinski definition) is 2. The first-order valence-electron chi connectivity index (χ1n) is 10.2. The maximum absolute atomic E-state index is 7.02. The molecular formula is C28H18ClNO. The lowest BCUT2D eigenvalue weighted by atomic mass is 10.0. The van der Waals surface area contributed by atoms with Crippen LogP contribution in [-0.2, 0) is 0 Å². The molecule has 2 nitrogen and oxygen atoms in total. The Morgan fingerprint density at radius 1 is 0.581 bits per heavy atom. The van der Waals surface area contributed by atoms with Gasteiger partial charge in [-0.25, -0.2) is 0 Å². The fraction of sp³-hybridized carbons (Fsp3) is 0. The molecule has 0 bridgehead atoms. The van der Waals surface area contributed by atoms with Crippen molar-refractivity contribution in [3.8, 4) is 0 Å². The number of para-hydroxylation sites is 2. The lowest BCUT2D eigenvalue weighted by Gasteiger charge is -2.26. The Morgan fingerprint density at radius 3 is 1.94 bits per heavy atom. The summed E-state index contributed by atoms with van der Waals surface area (Å²) in [4.78, 5) is 2.16. The lowest BCUT2D eigenvalue weighted by molar-refractivity contribution is 0.669. The molecule has 6 rings (SSSR count). The Morgan fingerprint density at radius 2 is 1.23 bits per heavy atom. The number of hydrogen-bond donors (Lipinski definition) is 0. The second-order valence-corrected chi connectivity index (χ2v) is 7.92. The van der Waals surface area contributed by atoms with Gasteiger partial charge < -0.3 is 9.32 Å². The van der Waals surface area contributed by atoms with E-state index < -0.39 is 0 Å². The van der Waals surface area contributed by atoms with Crippen molar-refractivity contribution < 1.29 is 4.42 Å². The van der Waals surface area contributed by atoms with Gasteiger partial charge in [0.1, 0.15) is 10.6 Å². The van der Waals surface area contributed by atoms with Gasteiger partial charge in [-0.05, 0) is 53.2 Å². The summed E-state index contributed by atoms with van der Waals surface area (Å²) in [5.74, 6) is 0. The zero-order valence-electron chi connectivity index (χ0n) is 16.6. The number of furan rings is 1. The van der Waals surface area contributed by atoms with Crippen LogP contribution >= 0.6 is 11.6 Å². The molecule has 0 N–H and O–H groups in total. The van der Waals surface area contributed by atoms with Gasteiger partial charge in [0, 0.05) is 22.1 Å². The van der Waals surface area contributed by atoms with Crippen molar-refractivity contribution in [3.05, 3.63) is 114 Å². The third-order valence-electron chi connectivity index (χ3n) is 5.72. The summed E-state index contributed by atoms with van der Waals surface area (Å²) in [5.41, 5.74) is 4.52. The van der Waals surface area contributed by atoms with E-state index in [9.17, 15) is 0 Å². The summed E-state index contributed by atoms with van der Waals surface area (Å²) in [7, 11) is 0. The van der Waals surface area contributed by atoms with E-state index in [2.05, 4.69) is 71.6 Å². The summed E-state index contributed by atoms with van der Waals surface area (Å²) in [6.45, 7) is 0. The van der Waals surface area contributed by atoms with Crippen molar-refractivity contribution in [2.75, 3.05) is 4.90 Å². The van der Waals surface area contributed by atoms with Gasteiger partial charge in [-0.1, -0.05) is 78.3 Å². The van der Waals surface area contributed by atoms with Crippen LogP contribution in [0.1, 0.15) is 0 Å². The Labute approximate surface area is 184 Å². The molecule has 1 aromatic heterocycles. The highest BCUT2D eigenvalue weighted by molar-refractivity contribution is 6.39. The van der Waals surface area contributed by atoms with E-state index in [0.717, 1.165) is 33.4 Å². The minimum Gasteiger partial charge on any atom is -0.454 e. The maximum Gasteiger partial charge on any atom is 0.156 e. The molecule has 3 heteroatoms. The quantitative estimate of drug-likeness (QED) is 0.284. The average Bonchev–Trinajstić information content (AvgIpc) is 3.22. The Bertz CT molecular complexity index is 1500. The second kappa shape index (κ2) is 7.19. The van der Waals surface area contributed by atoms with E-state index in [1.807, 2.05) is 42.5 Å². The van der Waals surface area contributed by atoms with Gasteiger partial charge in [-0.3, -0.25) is 0 Å². The number of nitrogens with zero attached hydrogens (tertiary/aromatic N) is 1. The standard InChI is InChI=1S/C28H18ClNO/c29-27-24(30(20-10-3-1-4-11-20)21-12-5-2-6-13-21)17-16-23-26-22-14-8-7-9-19(22)15-18-25(26)31-28(23)27/h1-18H. The zero-order chi connectivity index (χ0) is 20.8. The molecule has 31 heavy (non-hydrogen) atoms. The van der Waals surface area contributed by atoms with Crippen LogP contribution in [0.15, 0.2) is 114 Å². The number of halogens is 1. The minimum atomic E-state index is 0.602. The van der Waals surface area contributed by atoms with E-state index >= 15 is 0 Å². The number of benzene rings is 5. The highest BCUT2D eigenvalue weighted by Crippen LogP contribution is 2.45. The van der Waals surface area contributed by atoms with Crippen LogP contribution in [-0.4, -0.2) is 0 Å². The summed E-state index contributed by atoms with van der Waals surface area (Å²) in [5, 5.41) is 5.10. The fourth-order valence-corrected chi connectivity index (χ4v) is 4.61. The molecule has 6 aromatic rings. The van der Waals surface area contributed by atoms with E-state index in [0.29, 0.717) is 10.6 Å². The van der Waals surface area contributed by atoms with E-state index in [4.69, 9.17) is 16.0 Å². The van der Waals surface area contributed by atoms with Gasteiger partial charge in [-0.2, -0.15) is 0 Å². The second-order valence-electron chi connectivity index (χ2n) is 7.54. The molecule has 0 aliphatic heterocycles. The molecule has 0 amide bonds. The van der Waals surface area contributed by atoms with Crippen LogP contribution < -0.4 is 4.90 Å². The first kappa shape index (κ1) is 18.1. The van der Waals surface area contributed by atoms with E-state index in [1.54, 1.807) is 0 Å². The number of anilines is 3. The Hall–Kier alpha value is -3.75. The first-order valence-corrected chi connectivity index (χ1v) is 10.6. The smallest absolute Gasteiger partial charge is 0.156 e. The average molecular weight is 420 g/mol. The van der Waals surface area contributed by atoms with Crippen LogP contribution in [0, 0.1) is 0 Å². The van der Waals surface area contributed by atoms with Crippen molar-refractivity contribution in [3.63, 3.8) is 0 Å². The van der Waals surface area contributed by atoms with Gasteiger partial charge in [0.05, 0.1) is 5.69 Å². The van der Waals surface area contributed by atoms with Crippen molar-refractivity contribution in [2.24, 2.45) is 0 Å². The van der Waals surface area contributed by atoms with Gasteiger partial charge >= 0.3 is 0 Å². The molecule has 0 saturated heterocycles. The van der Waals surface area contributed by atoms with Gasteiger partial charge in [0.25, 0.3) is 0 Å². The summed E-state index contributed by atoms with van der Waals surface area (Å²) in [6.07, 6.45) is 0. The molecule has 0 spiro atoms. The fourth-order valence-electron chi connectivity index (χ4n) is 4.32. The van der Waals surface area contributed by atoms with Crippen molar-refractivity contribution in [2.45, 2.75) is 0 Å². The molecule has 0 aliphatic carbocycles. The molecule has 5 aromatic carbocycles. The van der Waals surface area contributed by atoms with Crippen molar-refractivity contribution >= 4 is 61.4 Å². The largest absolute Gasteiger partial charge is 0.454 e. The maximum atomic E-state index is 7.02. The van der Waals surface area contributed by atoms with Gasteiger partial charge in [0.2, 0.25) is 0 Å². The molecule has 0 saturated carbocycles. The van der Waals surface area contributed by atoms with Crippen molar-refractivity contribution in [1.82, 2.24) is 0 Å². The summed E-state index contributed by atoms with van der Waals surface area (Å²) < 4.78 is 6.30. The lowest BCUT2D eigenvalue weighted by Crippen LogP contribution is -2.10. The third kappa shape index (κ3) is 2.88. The molecule has 0 atom stereocenters. The van der Waals surface area contributed by atoms with Crippen LogP contribution in [0.4, 0.5) is 17.1 Å². The van der Waals surface area contributed by atoms with Gasteiger partial charge in [0.15, 0.2) is 5.58 Å². The molecule has 0 unspecified atom stereocenters. The predicted octanol–water partition coefficient (Wildman–Crippen LogP) is 8.86. The zero-order valence-corrected chi connectivity index (χ0v) is 17.4. The van der Waals surface area contributed by atoms with Crippen molar-refractivity contribution in [1.29, 1.82) is 0 Å². The highest BCUT2D eigenvalue weighted by Gasteiger charge is 2.20. The van der Waals surface area contributed by atoms with Crippen LogP contribution in [0.5, 0.6) is 0 Å². The third-order valence-corrected chi connectivity index (χ3v) is 6.08. The normalized spacial score (nSPS) is 11.4. The Balaban J connectivity index is 1.64. The van der Waals surface area contributed by atoms with E-state index in [1.165, 1.54) is 10.8 Å². The first-order chi connectivity index (χ1) is 15.3. The number of fused-ring (bicyclic) bond motifs is 5. The summed E-state index contributed by atoms with van der Waals surface area (Å²) >= 11 is 7.02. The monoisotopic (exact) mass is 419 g/mol. The summed E-state index contributed by atoms with van der Waals surface area (Å²) in [6, 6.07) is 37.2. The molecular weight excluding hydrogens is 402 g/mol. The highest BCUT2D eigenvalue weighted by atomic mass is 35.5. The van der Waals surface area contributed by atoms with Crippen LogP contribution in [0.25, 0.3) is 32.7 Å². The molecule has 148 valence electrons. The minimum absolute atomic E-state index is 0.602. The van der Waals surface area contributed by atoms with Gasteiger partial charge in [-0.15, -0.1) is 0 Å². The van der Waals surface area contributed by atoms with E-state index in [-0.39, 0.29) is 0 Å². The van der Waals surface area contributed by atoms with Crippen LogP contribution in [0.2, 0.25) is 5.02 Å².